The Bertz CT molecular complexity index is 1710. The third-order valence-electron chi connectivity index (χ3n) is 9.96. The number of benzene rings is 2. The van der Waals surface area contributed by atoms with Gasteiger partial charge in [-0.25, -0.2) is 14.3 Å². The zero-order chi connectivity index (χ0) is 35.6. The number of ether oxygens (including phenoxy) is 1. The van der Waals surface area contributed by atoms with Crippen molar-refractivity contribution in [2.45, 2.75) is 56.5 Å². The van der Waals surface area contributed by atoms with Crippen LogP contribution in [-0.2, 0) is 22.1 Å². The largest absolute Gasteiger partial charge is 0.506 e. The van der Waals surface area contributed by atoms with Crippen LogP contribution in [0.3, 0.4) is 0 Å². The average Bonchev–Trinajstić information content (AvgIpc) is 3.50. The molecule has 0 spiro atoms. The number of carbonyl (C=O) groups excluding carboxylic acids is 2. The minimum absolute atomic E-state index is 0.0120. The third kappa shape index (κ3) is 8.10. The van der Waals surface area contributed by atoms with Gasteiger partial charge in [-0.05, 0) is 63.5 Å². The number of likely N-dealkylation sites (tertiary alicyclic amines) is 2. The number of piperidine rings is 2. The average molecular weight is 720 g/mol. The number of halogens is 4. The molecule has 2 aromatic carbocycles. The van der Waals surface area contributed by atoms with Crippen molar-refractivity contribution in [1.29, 1.82) is 0 Å². The molecule has 2 N–H and O–H groups in total. The number of nitrogens with zero attached hydrogens (tertiary/aromatic N) is 6. The molecule has 0 aliphatic carbocycles. The van der Waals surface area contributed by atoms with Gasteiger partial charge in [-0.3, -0.25) is 14.7 Å². The fourth-order valence-corrected chi connectivity index (χ4v) is 7.30. The van der Waals surface area contributed by atoms with E-state index in [9.17, 15) is 32.7 Å². The lowest BCUT2D eigenvalue weighted by Crippen LogP contribution is -2.56. The maximum absolute atomic E-state index is 13.9. The van der Waals surface area contributed by atoms with Crippen LogP contribution in [0.1, 0.15) is 42.9 Å². The lowest BCUT2D eigenvalue weighted by atomic mass is 10.0. The van der Waals surface area contributed by atoms with E-state index in [0.29, 0.717) is 50.9 Å². The minimum atomic E-state index is -4.90. The molecule has 6 rings (SSSR count). The summed E-state index contributed by atoms with van der Waals surface area (Å²) in [5.74, 6) is -1.18. The molecule has 4 heterocycles. The summed E-state index contributed by atoms with van der Waals surface area (Å²) in [6.07, 6.45) is -4.62. The second kappa shape index (κ2) is 15.0. The van der Waals surface area contributed by atoms with E-state index in [2.05, 4.69) is 26.9 Å². The van der Waals surface area contributed by atoms with E-state index in [1.165, 1.54) is 9.58 Å². The van der Waals surface area contributed by atoms with Crippen LogP contribution in [0.5, 0.6) is 5.75 Å². The Labute approximate surface area is 292 Å². The van der Waals surface area contributed by atoms with Crippen molar-refractivity contribution in [1.82, 2.24) is 34.4 Å². The predicted octanol–water partition coefficient (Wildman–Crippen LogP) is 4.24. The summed E-state index contributed by atoms with van der Waals surface area (Å²) >= 11 is 5.97. The molecule has 0 bridgehead atoms. The van der Waals surface area contributed by atoms with Gasteiger partial charge in [-0.1, -0.05) is 41.9 Å². The molecule has 270 valence electrons. The topological polar surface area (TPSA) is 127 Å². The lowest BCUT2D eigenvalue weighted by molar-refractivity contribution is -0.143. The van der Waals surface area contributed by atoms with Crippen molar-refractivity contribution in [3.05, 3.63) is 69.1 Å². The molecule has 0 radical (unpaired) electrons. The molecule has 12 nitrogen and oxygen atoms in total. The summed E-state index contributed by atoms with van der Waals surface area (Å²) in [5.41, 5.74) is -0.949. The van der Waals surface area contributed by atoms with Gasteiger partial charge >= 0.3 is 18.0 Å². The second-order valence-corrected chi connectivity index (χ2v) is 13.7. The van der Waals surface area contributed by atoms with Gasteiger partial charge in [-0.2, -0.15) is 13.2 Å². The van der Waals surface area contributed by atoms with Crippen molar-refractivity contribution in [2.75, 3.05) is 59.4 Å². The first-order valence-corrected chi connectivity index (χ1v) is 17.2. The fraction of sp³-hybridized carbons (Fsp3) is 0.529. The maximum Gasteiger partial charge on any atom is 0.420 e. The Morgan fingerprint density at radius 3 is 2.24 bits per heavy atom. The van der Waals surface area contributed by atoms with Crippen LogP contribution in [0.15, 0.2) is 47.3 Å². The van der Waals surface area contributed by atoms with E-state index in [1.807, 2.05) is 30.3 Å². The van der Waals surface area contributed by atoms with Gasteiger partial charge in [0.15, 0.2) is 11.9 Å². The van der Waals surface area contributed by atoms with Gasteiger partial charge in [0, 0.05) is 57.3 Å². The quantitative estimate of drug-likeness (QED) is 0.372. The highest BCUT2D eigenvalue weighted by Crippen LogP contribution is 2.40. The number of rotatable bonds is 7. The van der Waals surface area contributed by atoms with Gasteiger partial charge in [0.2, 0.25) is 0 Å². The van der Waals surface area contributed by atoms with Crippen LogP contribution >= 0.6 is 11.6 Å². The summed E-state index contributed by atoms with van der Waals surface area (Å²) < 4.78 is 48.3. The highest BCUT2D eigenvalue weighted by molar-refractivity contribution is 6.32. The summed E-state index contributed by atoms with van der Waals surface area (Å²) in [4.78, 5) is 50.6. The Kier molecular flexibility index (Phi) is 10.7. The molecule has 1 atom stereocenters. The smallest absolute Gasteiger partial charge is 0.420 e. The van der Waals surface area contributed by atoms with Gasteiger partial charge in [0.05, 0.1) is 16.6 Å². The molecule has 3 fully saturated rings. The van der Waals surface area contributed by atoms with Crippen LogP contribution in [0.25, 0.3) is 11.4 Å². The number of carbonyl (C=O) groups is 2. The number of amides is 2. The molecule has 0 unspecified atom stereocenters. The zero-order valence-electron chi connectivity index (χ0n) is 27.7. The van der Waals surface area contributed by atoms with E-state index in [-0.39, 0.29) is 36.8 Å². The molecular formula is C34H41ClF3N7O5. The number of piperazine rings is 1. The number of H-pyrrole nitrogens is 1. The summed E-state index contributed by atoms with van der Waals surface area (Å²) in [6.45, 7) is 4.47. The van der Waals surface area contributed by atoms with Gasteiger partial charge in [0.1, 0.15) is 5.75 Å². The standard InChI is InChI=1S/C34H41ClF3N7O5/c1-41-11-7-24(8-12-41)42-15-17-43(18-16-42)31(47)28(21-22-19-26(34(36,37)38)29(46)27(35)20-22)50-33(49)44-13-9-25(10-14-44)45-32(48)39-30(40-45)23-5-3-2-4-6-23/h2-6,19-20,24-25,28,46H,7-18,21H2,1H3,(H,39,40,48)/t28-/m1/s1. The van der Waals surface area contributed by atoms with Crippen LogP contribution in [-0.4, -0.2) is 123 Å². The first-order valence-electron chi connectivity index (χ1n) is 16.9. The van der Waals surface area contributed by atoms with Crippen LogP contribution in [0.2, 0.25) is 5.02 Å². The number of aromatic amines is 1. The fourth-order valence-electron chi connectivity index (χ4n) is 7.05. The van der Waals surface area contributed by atoms with E-state index >= 15 is 0 Å². The van der Waals surface area contributed by atoms with E-state index in [0.717, 1.165) is 43.6 Å². The normalized spacial score (nSPS) is 19.5. The zero-order valence-corrected chi connectivity index (χ0v) is 28.5. The summed E-state index contributed by atoms with van der Waals surface area (Å²) in [5, 5.41) is 13.9. The monoisotopic (exact) mass is 719 g/mol. The van der Waals surface area contributed by atoms with Crippen LogP contribution in [0, 0.1) is 0 Å². The number of hydrogen-bond acceptors (Lipinski definition) is 8. The molecule has 0 saturated carbocycles. The van der Waals surface area contributed by atoms with Gasteiger partial charge < -0.3 is 24.5 Å². The molecule has 16 heteroatoms. The molecule has 3 aromatic rings. The molecule has 3 saturated heterocycles. The Hall–Kier alpha value is -4.08. The van der Waals surface area contributed by atoms with Crippen molar-refractivity contribution in [3.8, 4) is 17.1 Å². The first-order chi connectivity index (χ1) is 23.9. The predicted molar refractivity (Wildman–Crippen MR) is 179 cm³/mol. The highest BCUT2D eigenvalue weighted by Gasteiger charge is 2.38. The van der Waals surface area contributed by atoms with E-state index in [4.69, 9.17) is 16.3 Å². The van der Waals surface area contributed by atoms with Gasteiger partial charge in [-0.15, -0.1) is 5.10 Å². The number of phenolic OH excluding ortho intramolecular Hbond substituents is 1. The molecule has 3 aliphatic rings. The van der Waals surface area contributed by atoms with E-state index in [1.54, 1.807) is 4.90 Å². The summed E-state index contributed by atoms with van der Waals surface area (Å²) in [6, 6.07) is 11.2. The lowest BCUT2D eigenvalue weighted by Gasteiger charge is -2.42. The Balaban J connectivity index is 1.14. The second-order valence-electron chi connectivity index (χ2n) is 13.3. The third-order valence-corrected chi connectivity index (χ3v) is 10.2. The molecule has 1 aromatic heterocycles. The van der Waals surface area contributed by atoms with E-state index < -0.39 is 40.6 Å². The molecular weight excluding hydrogens is 679 g/mol. The van der Waals surface area contributed by atoms with Crippen molar-refractivity contribution in [3.63, 3.8) is 0 Å². The number of hydrogen-bond donors (Lipinski definition) is 2. The Morgan fingerprint density at radius 1 is 0.960 bits per heavy atom. The number of phenols is 1. The summed E-state index contributed by atoms with van der Waals surface area (Å²) in [7, 11) is 2.09. The van der Waals surface area contributed by atoms with Crippen LogP contribution < -0.4 is 5.69 Å². The number of aromatic hydroxyl groups is 1. The minimum Gasteiger partial charge on any atom is -0.506 e. The molecule has 50 heavy (non-hydrogen) atoms. The SMILES string of the molecule is CN1CCC(N2CCN(C(=O)[C@@H](Cc3cc(Cl)c(O)c(C(F)(F)F)c3)OC(=O)N3CCC(n4nc(-c5ccccc5)[nH]c4=O)CC3)CC2)CC1. The molecule has 2 amide bonds. The van der Waals surface area contributed by atoms with Gasteiger partial charge in [0.25, 0.3) is 5.91 Å². The Morgan fingerprint density at radius 2 is 1.60 bits per heavy atom. The van der Waals surface area contributed by atoms with Crippen molar-refractivity contribution in [2.24, 2.45) is 0 Å². The molecule has 3 aliphatic heterocycles. The first kappa shape index (κ1) is 35.7. The number of aromatic nitrogens is 3. The number of alkyl halides is 3. The number of nitrogens with one attached hydrogen (secondary N) is 1. The maximum atomic E-state index is 13.9. The van der Waals surface area contributed by atoms with Crippen LogP contribution in [0.4, 0.5) is 18.0 Å². The highest BCUT2D eigenvalue weighted by atomic mass is 35.5. The van der Waals surface area contributed by atoms with Crippen molar-refractivity contribution < 1.29 is 32.6 Å². The van der Waals surface area contributed by atoms with Crippen molar-refractivity contribution >= 4 is 23.6 Å².